The lowest BCUT2D eigenvalue weighted by atomic mass is 9.94. The second-order valence-electron chi connectivity index (χ2n) is 5.21. The lowest BCUT2D eigenvalue weighted by Gasteiger charge is -2.28. The highest BCUT2D eigenvalue weighted by molar-refractivity contribution is 5.90. The van der Waals surface area contributed by atoms with Crippen molar-refractivity contribution in [2.75, 3.05) is 6.54 Å². The summed E-state index contributed by atoms with van der Waals surface area (Å²) in [5.74, 6) is -0.273. The number of benzene rings is 1. The maximum Gasteiger partial charge on any atom is 0.334 e. The third-order valence-electron chi connectivity index (χ3n) is 2.59. The Morgan fingerprint density at radius 1 is 1.29 bits per heavy atom. The normalized spacial score (nSPS) is 16.4. The molecule has 1 aromatic rings. The molecule has 1 N–H and O–H groups in total. The lowest BCUT2D eigenvalue weighted by molar-refractivity contribution is -0.152. The summed E-state index contributed by atoms with van der Waals surface area (Å²) in [4.78, 5) is 12.1. The van der Waals surface area contributed by atoms with Gasteiger partial charge in [-0.15, -0.1) is 0 Å². The van der Waals surface area contributed by atoms with E-state index in [2.05, 4.69) is 11.4 Å². The summed E-state index contributed by atoms with van der Waals surface area (Å²) in [5, 5.41) is 3.14. The molecule has 0 aliphatic carbocycles. The van der Waals surface area contributed by atoms with Gasteiger partial charge in [-0.2, -0.15) is 0 Å². The van der Waals surface area contributed by atoms with Gasteiger partial charge in [-0.1, -0.05) is 24.3 Å². The highest BCUT2D eigenvalue weighted by Gasteiger charge is 2.31. The topological polar surface area (TPSA) is 38.3 Å². The fourth-order valence-corrected chi connectivity index (χ4v) is 1.91. The van der Waals surface area contributed by atoms with E-state index in [1.807, 2.05) is 39.0 Å². The second-order valence-corrected chi connectivity index (χ2v) is 5.21. The molecule has 0 fully saturated rings. The molecule has 0 atom stereocenters. The molecular weight excluding hydrogens is 214 g/mol. The Morgan fingerprint density at radius 2 is 2.00 bits per heavy atom. The number of esters is 1. The van der Waals surface area contributed by atoms with Crippen molar-refractivity contribution in [1.82, 2.24) is 5.32 Å². The maximum atomic E-state index is 12.1. The molecule has 0 aromatic heterocycles. The minimum atomic E-state index is -0.460. The molecular formula is C14H18NO2. The third-order valence-corrected chi connectivity index (χ3v) is 2.59. The van der Waals surface area contributed by atoms with E-state index in [1.54, 1.807) is 0 Å². The summed E-state index contributed by atoms with van der Waals surface area (Å²) >= 11 is 0. The van der Waals surface area contributed by atoms with Gasteiger partial charge >= 0.3 is 5.97 Å². The molecule has 1 aromatic carbocycles. The molecule has 0 spiro atoms. The molecule has 1 aliphatic rings. The Hall–Kier alpha value is -1.35. The summed E-state index contributed by atoms with van der Waals surface area (Å²) < 4.78 is 5.40. The van der Waals surface area contributed by atoms with Gasteiger partial charge in [0.1, 0.15) is 5.60 Å². The van der Waals surface area contributed by atoms with Crippen LogP contribution >= 0.6 is 0 Å². The Labute approximate surface area is 102 Å². The quantitative estimate of drug-likeness (QED) is 0.753. The van der Waals surface area contributed by atoms with Crippen molar-refractivity contribution in [3.8, 4) is 0 Å². The standard InChI is InChI=1S/C14H18NO2/c1-14(2,3)17-13(16)12-11-7-5-4-6-10(11)8-9-15-12/h4-7,15H,8-9H2,1-3H3. The van der Waals surface area contributed by atoms with Crippen LogP contribution in [0.5, 0.6) is 0 Å². The van der Waals surface area contributed by atoms with E-state index in [0.29, 0.717) is 6.04 Å². The van der Waals surface area contributed by atoms with Crippen LogP contribution in [-0.2, 0) is 16.0 Å². The zero-order valence-corrected chi connectivity index (χ0v) is 10.5. The second kappa shape index (κ2) is 4.49. The third kappa shape index (κ3) is 2.86. The summed E-state index contributed by atoms with van der Waals surface area (Å²) in [6, 6.07) is 8.54. The van der Waals surface area contributed by atoms with Gasteiger partial charge < -0.3 is 4.74 Å². The Balaban J connectivity index is 2.21. The van der Waals surface area contributed by atoms with E-state index < -0.39 is 5.60 Å². The number of nitrogens with one attached hydrogen (secondary N) is 1. The van der Waals surface area contributed by atoms with Gasteiger partial charge in [-0.3, -0.25) is 5.32 Å². The summed E-state index contributed by atoms with van der Waals surface area (Å²) in [6.07, 6.45) is 0.947. The molecule has 1 heterocycles. The largest absolute Gasteiger partial charge is 0.458 e. The van der Waals surface area contributed by atoms with Gasteiger partial charge in [-0.05, 0) is 38.3 Å². The Kier molecular flexibility index (Phi) is 3.20. The fraction of sp³-hybridized carbons (Fsp3) is 0.429. The summed E-state index contributed by atoms with van der Waals surface area (Å²) in [6.45, 7) is 6.41. The first kappa shape index (κ1) is 12.1. The zero-order valence-electron chi connectivity index (χ0n) is 10.5. The SMILES string of the molecule is CC(C)(C)OC(=O)[C]1NCCc2ccccc21. The molecule has 3 heteroatoms. The number of rotatable bonds is 1. The summed E-state index contributed by atoms with van der Waals surface area (Å²) in [5.41, 5.74) is 1.71. The first-order valence-electron chi connectivity index (χ1n) is 5.90. The van der Waals surface area contributed by atoms with E-state index in [0.717, 1.165) is 18.5 Å². The van der Waals surface area contributed by atoms with E-state index in [-0.39, 0.29) is 5.97 Å². The van der Waals surface area contributed by atoms with Crippen molar-refractivity contribution < 1.29 is 9.53 Å². The lowest BCUT2D eigenvalue weighted by Crippen LogP contribution is -2.39. The molecule has 3 nitrogen and oxygen atoms in total. The van der Waals surface area contributed by atoms with Gasteiger partial charge in [0.25, 0.3) is 0 Å². The van der Waals surface area contributed by atoms with Crippen molar-refractivity contribution in [2.24, 2.45) is 0 Å². The molecule has 0 saturated heterocycles. The van der Waals surface area contributed by atoms with Crippen LogP contribution in [0.25, 0.3) is 0 Å². The van der Waals surface area contributed by atoms with Crippen molar-refractivity contribution in [3.63, 3.8) is 0 Å². The Bertz CT molecular complexity index is 420. The number of ether oxygens (including phenoxy) is 1. The van der Waals surface area contributed by atoms with Gasteiger partial charge in [-0.25, -0.2) is 4.79 Å². The fourth-order valence-electron chi connectivity index (χ4n) is 1.91. The molecule has 1 radical (unpaired) electrons. The summed E-state index contributed by atoms with van der Waals surface area (Å²) in [7, 11) is 0. The molecule has 17 heavy (non-hydrogen) atoms. The molecule has 0 saturated carbocycles. The number of fused-ring (bicyclic) bond motifs is 1. The van der Waals surface area contributed by atoms with Gasteiger partial charge in [0.2, 0.25) is 0 Å². The monoisotopic (exact) mass is 232 g/mol. The first-order chi connectivity index (χ1) is 7.97. The van der Waals surface area contributed by atoms with Crippen LogP contribution in [0.2, 0.25) is 0 Å². The number of carbonyl (C=O) groups is 1. The van der Waals surface area contributed by atoms with Crippen LogP contribution in [0.4, 0.5) is 0 Å². The smallest absolute Gasteiger partial charge is 0.334 e. The predicted octanol–water partition coefficient (Wildman–Crippen LogP) is 2.05. The van der Waals surface area contributed by atoms with Crippen LogP contribution in [-0.4, -0.2) is 18.1 Å². The number of carbonyl (C=O) groups excluding carboxylic acids is 1. The van der Waals surface area contributed by atoms with Crippen LogP contribution in [0.1, 0.15) is 31.9 Å². The molecule has 1 aliphatic heterocycles. The highest BCUT2D eigenvalue weighted by Crippen LogP contribution is 2.24. The van der Waals surface area contributed by atoms with E-state index in [4.69, 9.17) is 4.74 Å². The van der Waals surface area contributed by atoms with Gasteiger partial charge in [0.05, 0.1) is 0 Å². The first-order valence-corrected chi connectivity index (χ1v) is 5.90. The van der Waals surface area contributed by atoms with Gasteiger partial charge in [0, 0.05) is 6.54 Å². The molecule has 91 valence electrons. The van der Waals surface area contributed by atoms with E-state index in [1.165, 1.54) is 5.56 Å². The molecule has 0 unspecified atom stereocenters. The molecule has 0 amide bonds. The van der Waals surface area contributed by atoms with Crippen molar-refractivity contribution in [1.29, 1.82) is 0 Å². The van der Waals surface area contributed by atoms with Crippen LogP contribution in [0.15, 0.2) is 24.3 Å². The zero-order chi connectivity index (χ0) is 12.5. The minimum Gasteiger partial charge on any atom is -0.458 e. The number of hydrogen-bond acceptors (Lipinski definition) is 3. The Morgan fingerprint density at radius 3 is 2.71 bits per heavy atom. The van der Waals surface area contributed by atoms with Crippen molar-refractivity contribution in [3.05, 3.63) is 41.4 Å². The molecule has 2 rings (SSSR count). The average molecular weight is 232 g/mol. The highest BCUT2D eigenvalue weighted by atomic mass is 16.6. The number of hydrogen-bond donors (Lipinski definition) is 1. The predicted molar refractivity (Wildman–Crippen MR) is 66.3 cm³/mol. The molecule has 0 bridgehead atoms. The minimum absolute atomic E-state index is 0.273. The maximum absolute atomic E-state index is 12.1. The van der Waals surface area contributed by atoms with Crippen LogP contribution < -0.4 is 5.32 Å². The van der Waals surface area contributed by atoms with Crippen molar-refractivity contribution in [2.45, 2.75) is 32.8 Å². The van der Waals surface area contributed by atoms with Crippen LogP contribution in [0.3, 0.4) is 0 Å². The van der Waals surface area contributed by atoms with E-state index in [9.17, 15) is 4.79 Å². The van der Waals surface area contributed by atoms with Crippen molar-refractivity contribution >= 4 is 5.97 Å². The van der Waals surface area contributed by atoms with Gasteiger partial charge in [0.15, 0.2) is 6.04 Å². The van der Waals surface area contributed by atoms with E-state index >= 15 is 0 Å². The van der Waals surface area contributed by atoms with Crippen LogP contribution in [0, 0.1) is 6.04 Å². The average Bonchev–Trinajstić information content (AvgIpc) is 2.26.